The Balaban J connectivity index is 2.10. The summed E-state index contributed by atoms with van der Waals surface area (Å²) in [5.41, 5.74) is 1.00. The van der Waals surface area contributed by atoms with Gasteiger partial charge in [0.1, 0.15) is 0 Å². The fourth-order valence-corrected chi connectivity index (χ4v) is 3.90. The first-order valence-corrected chi connectivity index (χ1v) is 13.0. The van der Waals surface area contributed by atoms with Crippen molar-refractivity contribution >= 4 is 20.1 Å². The third-order valence-corrected chi connectivity index (χ3v) is 9.37. The van der Waals surface area contributed by atoms with Crippen LogP contribution in [0.4, 0.5) is 11.8 Å². The Morgan fingerprint density at radius 3 is 2.48 bits per heavy atom. The minimum absolute atomic E-state index is 0.142. The maximum Gasteiger partial charge on any atom is 0.439 e. The van der Waals surface area contributed by atoms with Gasteiger partial charge in [0.25, 0.3) is 0 Å². The highest BCUT2D eigenvalue weighted by Crippen LogP contribution is 2.39. The number of pyridine rings is 1. The van der Waals surface area contributed by atoms with Crippen LogP contribution in [0.15, 0.2) is 30.7 Å². The van der Waals surface area contributed by atoms with Crippen LogP contribution in [0.1, 0.15) is 32.3 Å². The van der Waals surface area contributed by atoms with E-state index in [-0.39, 0.29) is 11.6 Å². The third-order valence-electron chi connectivity index (χ3n) is 5.81. The minimum Gasteiger partial charge on any atom is -0.432 e. The fraction of sp³-hybridized carbons (Fsp3) is 0.579. The van der Waals surface area contributed by atoms with Crippen molar-refractivity contribution < 1.29 is 14.6 Å². The predicted molar refractivity (Wildman–Crippen MR) is 118 cm³/mol. The normalized spacial score (nSPS) is 12.3. The Kier molecular flexibility index (Phi) is 7.98. The molecule has 0 spiro atoms. The molecule has 31 heavy (non-hydrogen) atoms. The van der Waals surface area contributed by atoms with Crippen LogP contribution in [0.25, 0.3) is 0 Å². The van der Waals surface area contributed by atoms with E-state index in [9.17, 15) is 25.0 Å². The second-order valence-electron chi connectivity index (χ2n) is 8.79. The lowest BCUT2D eigenvalue weighted by molar-refractivity contribution is -0.403. The van der Waals surface area contributed by atoms with Crippen LogP contribution in [0, 0.1) is 20.2 Å². The van der Waals surface area contributed by atoms with E-state index in [1.54, 1.807) is 12.4 Å². The van der Waals surface area contributed by atoms with E-state index in [0.717, 1.165) is 24.6 Å². The number of hydrogen-bond acceptors (Lipinski definition) is 8. The number of nitro groups is 2. The Bertz CT molecular complexity index is 897. The zero-order valence-corrected chi connectivity index (χ0v) is 19.4. The number of rotatable bonds is 12. The number of hydrogen-bond donors (Lipinski definition) is 1. The molecular formula is C19H30N6O5Si. The van der Waals surface area contributed by atoms with Gasteiger partial charge in [-0.2, -0.15) is 0 Å². The van der Waals surface area contributed by atoms with Crippen molar-refractivity contribution in [2.45, 2.75) is 57.9 Å². The van der Waals surface area contributed by atoms with Crippen LogP contribution >= 0.6 is 0 Å². The molecule has 2 rings (SSSR count). The monoisotopic (exact) mass is 450 g/mol. The predicted octanol–water partition coefficient (Wildman–Crippen LogP) is 3.35. The first-order chi connectivity index (χ1) is 14.4. The van der Waals surface area contributed by atoms with Gasteiger partial charge in [0.2, 0.25) is 0 Å². The molecule has 0 radical (unpaired) electrons. The number of imidazole rings is 1. The van der Waals surface area contributed by atoms with Crippen LogP contribution in [0.2, 0.25) is 18.1 Å². The molecule has 0 bridgehead atoms. The largest absolute Gasteiger partial charge is 0.439 e. The van der Waals surface area contributed by atoms with Gasteiger partial charge >= 0.3 is 11.8 Å². The number of aromatic nitrogens is 3. The second kappa shape index (κ2) is 10.1. The van der Waals surface area contributed by atoms with Crippen molar-refractivity contribution in [3.05, 3.63) is 56.5 Å². The fourth-order valence-electron chi connectivity index (χ4n) is 3.11. The summed E-state index contributed by atoms with van der Waals surface area (Å²) in [4.78, 5) is 41.0. The summed E-state index contributed by atoms with van der Waals surface area (Å²) in [5.74, 6) is -1.08. The summed E-state index contributed by atoms with van der Waals surface area (Å²) in [6.45, 7) is 9.99. The smallest absolute Gasteiger partial charge is 0.432 e. The third kappa shape index (κ3) is 6.91. The summed E-state index contributed by atoms with van der Waals surface area (Å²) >= 11 is 0. The molecule has 0 atom stereocenters. The lowest BCUT2D eigenvalue weighted by Gasteiger charge is -2.35. The molecule has 0 amide bonds. The summed E-state index contributed by atoms with van der Waals surface area (Å²) in [6, 6.07) is 3.80. The molecule has 1 N–H and O–H groups in total. The van der Waals surface area contributed by atoms with Crippen molar-refractivity contribution in [2.24, 2.45) is 0 Å². The summed E-state index contributed by atoms with van der Waals surface area (Å²) in [7, 11) is -2.31. The van der Waals surface area contributed by atoms with Crippen molar-refractivity contribution in [2.75, 3.05) is 13.1 Å². The van der Waals surface area contributed by atoms with E-state index in [0.29, 0.717) is 19.6 Å². The van der Waals surface area contributed by atoms with Gasteiger partial charge in [0, 0.05) is 25.5 Å². The maximum atomic E-state index is 11.2. The van der Waals surface area contributed by atoms with Gasteiger partial charge < -0.3 is 25.0 Å². The van der Waals surface area contributed by atoms with E-state index < -0.39 is 29.9 Å². The quantitative estimate of drug-likeness (QED) is 0.295. The second-order valence-corrected chi connectivity index (χ2v) is 13.3. The topological polar surface area (TPSA) is 140 Å². The molecule has 0 saturated carbocycles. The van der Waals surface area contributed by atoms with Crippen LogP contribution in [-0.4, -0.2) is 55.5 Å². The van der Waals surface area contributed by atoms with Crippen molar-refractivity contribution in [1.29, 1.82) is 0 Å². The molecule has 11 nitrogen and oxygen atoms in total. The van der Waals surface area contributed by atoms with Gasteiger partial charge in [0.15, 0.2) is 14.5 Å². The Hall–Kier alpha value is -2.70. The molecule has 170 valence electrons. The molecule has 0 unspecified atom stereocenters. The van der Waals surface area contributed by atoms with E-state index in [1.807, 2.05) is 25.2 Å². The van der Waals surface area contributed by atoms with E-state index in [2.05, 4.69) is 28.7 Å². The zero-order chi connectivity index (χ0) is 23.2. The maximum absolute atomic E-state index is 11.2. The van der Waals surface area contributed by atoms with Gasteiger partial charge in [-0.25, -0.2) is 4.57 Å². The highest BCUT2D eigenvalue weighted by Gasteiger charge is 2.37. The van der Waals surface area contributed by atoms with E-state index >= 15 is 0 Å². The summed E-state index contributed by atoms with van der Waals surface area (Å²) < 4.78 is 1.21. The van der Waals surface area contributed by atoms with E-state index in [1.165, 1.54) is 4.57 Å². The minimum atomic E-state index is -2.31. The van der Waals surface area contributed by atoms with Gasteiger partial charge in [-0.05, 0) is 64.0 Å². The average Bonchev–Trinajstić information content (AvgIpc) is 3.11. The molecule has 0 saturated heterocycles. The lowest BCUT2D eigenvalue weighted by atomic mass is 10.1. The van der Waals surface area contributed by atoms with Crippen LogP contribution in [0.3, 0.4) is 0 Å². The van der Waals surface area contributed by atoms with Gasteiger partial charge in [-0.1, -0.05) is 19.9 Å². The van der Waals surface area contributed by atoms with Crippen molar-refractivity contribution in [3.63, 3.8) is 0 Å². The van der Waals surface area contributed by atoms with Gasteiger partial charge in [0.05, 0.1) is 6.54 Å². The molecule has 0 aliphatic rings. The van der Waals surface area contributed by atoms with Crippen LogP contribution in [0.5, 0.6) is 0 Å². The molecule has 2 aromatic rings. The van der Waals surface area contributed by atoms with E-state index in [4.69, 9.17) is 0 Å². The molecule has 2 heterocycles. The first kappa shape index (κ1) is 24.6. The molecule has 12 heteroatoms. The Morgan fingerprint density at radius 1 is 1.23 bits per heavy atom. The lowest BCUT2D eigenvalue weighted by Crippen LogP contribution is -2.39. The Morgan fingerprint density at radius 2 is 1.94 bits per heavy atom. The first-order valence-electron chi connectivity index (χ1n) is 10.1. The van der Waals surface area contributed by atoms with Crippen molar-refractivity contribution in [1.82, 2.24) is 19.4 Å². The molecule has 0 aliphatic heterocycles. The average molecular weight is 451 g/mol. The molecule has 0 fully saturated rings. The molecule has 2 aromatic heterocycles. The molecule has 0 aromatic carbocycles. The zero-order valence-electron chi connectivity index (χ0n) is 18.4. The Labute approximate surface area is 182 Å². The highest BCUT2D eigenvalue weighted by atomic mass is 28.4. The van der Waals surface area contributed by atoms with Crippen LogP contribution in [-0.2, 0) is 13.1 Å². The SMILES string of the molecule is CC(C)(CCCN(CCn1cc([N+](=O)[O-])nc1[N+](=O)[O-])Cc1cccnc1)[Si](C)(C)O. The van der Waals surface area contributed by atoms with Crippen LogP contribution < -0.4 is 0 Å². The molecule has 0 aliphatic carbocycles. The highest BCUT2D eigenvalue weighted by molar-refractivity contribution is 6.72. The van der Waals surface area contributed by atoms with Gasteiger partial charge in [-0.3, -0.25) is 9.88 Å². The van der Waals surface area contributed by atoms with Crippen molar-refractivity contribution in [3.8, 4) is 0 Å². The summed E-state index contributed by atoms with van der Waals surface area (Å²) in [6.07, 6.45) is 6.26. The summed E-state index contributed by atoms with van der Waals surface area (Å²) in [5, 5.41) is 22.0. The van der Waals surface area contributed by atoms with Gasteiger partial charge in [-0.15, -0.1) is 0 Å². The molecular weight excluding hydrogens is 420 g/mol. The number of nitrogens with zero attached hydrogens (tertiary/aromatic N) is 6. The standard InChI is InChI=1S/C19H30N6O5Si/c1-19(2,31(3,4)30)8-6-10-22(14-16-7-5-9-20-13-16)11-12-23-15-17(24(26)27)21-18(23)25(28)29/h5,7,9,13,15,30H,6,8,10-12,14H2,1-4H3.